The summed E-state index contributed by atoms with van der Waals surface area (Å²) in [7, 11) is -3.53. The minimum atomic E-state index is -3.53. The van der Waals surface area contributed by atoms with Gasteiger partial charge in [-0.15, -0.1) is 0 Å². The van der Waals surface area contributed by atoms with Crippen molar-refractivity contribution < 1.29 is 13.2 Å². The second kappa shape index (κ2) is 5.14. The zero-order valence-electron chi connectivity index (χ0n) is 9.54. The number of halogens is 1. The van der Waals surface area contributed by atoms with Crippen LogP contribution < -0.4 is 10.0 Å². The highest BCUT2D eigenvalue weighted by atomic mass is 127. The van der Waals surface area contributed by atoms with Crippen LogP contribution in [0.2, 0.25) is 0 Å². The van der Waals surface area contributed by atoms with Crippen molar-refractivity contribution in [1.82, 2.24) is 0 Å². The fraction of sp³-hybridized carbons (Fsp3) is 0.364. The highest BCUT2D eigenvalue weighted by Crippen LogP contribution is 2.29. The summed E-state index contributed by atoms with van der Waals surface area (Å²) in [4.78, 5) is 13.5. The lowest BCUT2D eigenvalue weighted by Gasteiger charge is -2.18. The number of benzene rings is 1. The van der Waals surface area contributed by atoms with Crippen LogP contribution >= 0.6 is 22.6 Å². The number of anilines is 1. The summed E-state index contributed by atoms with van der Waals surface area (Å²) < 4.78 is 23.1. The maximum absolute atomic E-state index is 11.9. The molecule has 1 unspecified atom stereocenters. The molecule has 1 aromatic rings. The number of carbonyl (C=O) groups excluding carboxylic acids is 1. The molecule has 0 spiro atoms. The molecule has 1 amide bonds. The quantitative estimate of drug-likeness (QED) is 0.793. The zero-order chi connectivity index (χ0) is 13.3. The molecule has 1 atom stereocenters. The third-order valence-electron chi connectivity index (χ3n) is 2.82. The van der Waals surface area contributed by atoms with E-state index in [0.717, 1.165) is 9.26 Å². The molecule has 0 aliphatic carbocycles. The summed E-state index contributed by atoms with van der Waals surface area (Å²) in [6.45, 7) is 0.412. The molecule has 1 aliphatic heterocycles. The SMILES string of the molecule is NS(=O)(=O)CC1CC(=O)N(c2ccccc2I)C1. The fourth-order valence-corrected chi connectivity index (χ4v) is 3.68. The summed E-state index contributed by atoms with van der Waals surface area (Å²) in [5.41, 5.74) is 0.833. The van der Waals surface area contributed by atoms with E-state index in [2.05, 4.69) is 22.6 Å². The molecule has 2 rings (SSSR count). The average Bonchev–Trinajstić information content (AvgIpc) is 2.57. The van der Waals surface area contributed by atoms with Crippen molar-refractivity contribution in [2.24, 2.45) is 11.1 Å². The third kappa shape index (κ3) is 3.21. The van der Waals surface area contributed by atoms with Crippen LogP contribution in [0.1, 0.15) is 6.42 Å². The molecule has 1 aliphatic rings. The van der Waals surface area contributed by atoms with E-state index < -0.39 is 10.0 Å². The topological polar surface area (TPSA) is 80.5 Å². The van der Waals surface area contributed by atoms with Crippen LogP contribution in [0.25, 0.3) is 0 Å². The Bertz CT molecular complexity index is 573. The highest BCUT2D eigenvalue weighted by Gasteiger charge is 2.33. The van der Waals surface area contributed by atoms with Crippen molar-refractivity contribution in [3.05, 3.63) is 27.8 Å². The lowest BCUT2D eigenvalue weighted by molar-refractivity contribution is -0.117. The van der Waals surface area contributed by atoms with E-state index in [1.807, 2.05) is 24.3 Å². The van der Waals surface area contributed by atoms with Gasteiger partial charge in [0, 0.05) is 22.5 Å². The molecular weight excluding hydrogens is 367 g/mol. The first-order chi connectivity index (χ1) is 8.37. The summed E-state index contributed by atoms with van der Waals surface area (Å²) in [5.74, 6) is -0.408. The molecule has 98 valence electrons. The number of hydrogen-bond donors (Lipinski definition) is 1. The predicted octanol–water partition coefficient (Wildman–Crippen LogP) is 0.933. The molecule has 1 saturated heterocycles. The summed E-state index contributed by atoms with van der Waals surface area (Å²) in [6.07, 6.45) is 0.238. The van der Waals surface area contributed by atoms with Crippen LogP contribution in [0.3, 0.4) is 0 Å². The Morgan fingerprint density at radius 1 is 1.39 bits per heavy atom. The van der Waals surface area contributed by atoms with Crippen molar-refractivity contribution >= 4 is 44.2 Å². The Hall–Kier alpha value is -0.670. The molecule has 0 saturated carbocycles. The summed E-state index contributed by atoms with van der Waals surface area (Å²) in [5, 5.41) is 5.02. The number of rotatable bonds is 3. The molecule has 7 heteroatoms. The molecule has 1 aromatic carbocycles. The van der Waals surface area contributed by atoms with Crippen LogP contribution in [0.5, 0.6) is 0 Å². The van der Waals surface area contributed by atoms with E-state index in [1.165, 1.54) is 0 Å². The Kier molecular flexibility index (Phi) is 3.93. The predicted molar refractivity (Wildman–Crippen MR) is 77.6 cm³/mol. The molecular formula is C11H13IN2O3S. The van der Waals surface area contributed by atoms with E-state index in [-0.39, 0.29) is 24.0 Å². The fourth-order valence-electron chi connectivity index (χ4n) is 2.13. The minimum absolute atomic E-state index is 0.0484. The molecule has 18 heavy (non-hydrogen) atoms. The van der Waals surface area contributed by atoms with Crippen molar-refractivity contribution in [1.29, 1.82) is 0 Å². The van der Waals surface area contributed by atoms with Crippen molar-refractivity contribution in [2.75, 3.05) is 17.2 Å². The largest absolute Gasteiger partial charge is 0.311 e. The molecule has 0 bridgehead atoms. The average molecular weight is 380 g/mol. The van der Waals surface area contributed by atoms with Gasteiger partial charge in [-0.2, -0.15) is 0 Å². The Morgan fingerprint density at radius 2 is 2.06 bits per heavy atom. The first-order valence-corrected chi connectivity index (χ1v) is 8.21. The standard InChI is InChI=1S/C11H13IN2O3S/c12-9-3-1-2-4-10(9)14-6-8(5-11(14)15)7-18(13,16)17/h1-4,8H,5-7H2,(H2,13,16,17). The molecule has 1 heterocycles. The lowest BCUT2D eigenvalue weighted by Crippen LogP contribution is -2.28. The normalized spacial score (nSPS) is 20.4. The first kappa shape index (κ1) is 13.8. The molecule has 2 N–H and O–H groups in total. The number of sulfonamides is 1. The number of hydrogen-bond acceptors (Lipinski definition) is 3. The molecule has 1 fully saturated rings. The van der Waals surface area contributed by atoms with Crippen LogP contribution in [0.4, 0.5) is 5.69 Å². The Balaban J connectivity index is 2.18. The van der Waals surface area contributed by atoms with E-state index in [4.69, 9.17) is 5.14 Å². The van der Waals surface area contributed by atoms with Crippen molar-refractivity contribution in [2.45, 2.75) is 6.42 Å². The van der Waals surface area contributed by atoms with Gasteiger partial charge >= 0.3 is 0 Å². The summed E-state index contributed by atoms with van der Waals surface area (Å²) >= 11 is 2.16. The number of amides is 1. The molecule has 0 radical (unpaired) electrons. The summed E-state index contributed by atoms with van der Waals surface area (Å²) in [6, 6.07) is 7.53. The number of para-hydroxylation sites is 1. The Morgan fingerprint density at radius 3 is 2.67 bits per heavy atom. The lowest BCUT2D eigenvalue weighted by atomic mass is 10.1. The smallest absolute Gasteiger partial charge is 0.227 e. The van der Waals surface area contributed by atoms with Gasteiger partial charge in [0.15, 0.2) is 0 Å². The Labute approximate surface area is 120 Å². The van der Waals surface area contributed by atoms with Gasteiger partial charge in [-0.25, -0.2) is 13.6 Å². The van der Waals surface area contributed by atoms with Gasteiger partial charge in [-0.3, -0.25) is 4.79 Å². The number of nitrogens with two attached hydrogens (primary N) is 1. The monoisotopic (exact) mass is 380 g/mol. The van der Waals surface area contributed by atoms with Gasteiger partial charge < -0.3 is 4.90 Å². The third-order valence-corrected chi connectivity index (χ3v) is 4.66. The van der Waals surface area contributed by atoms with Crippen LogP contribution in [0, 0.1) is 9.49 Å². The van der Waals surface area contributed by atoms with E-state index in [9.17, 15) is 13.2 Å². The van der Waals surface area contributed by atoms with Crippen LogP contribution in [-0.4, -0.2) is 26.6 Å². The van der Waals surface area contributed by atoms with E-state index in [1.54, 1.807) is 4.90 Å². The van der Waals surface area contributed by atoms with Crippen molar-refractivity contribution in [3.8, 4) is 0 Å². The van der Waals surface area contributed by atoms with Gasteiger partial charge in [0.05, 0.1) is 11.4 Å². The second-order valence-corrected chi connectivity index (χ2v) is 7.18. The number of carbonyl (C=O) groups is 1. The van der Waals surface area contributed by atoms with E-state index in [0.29, 0.717) is 6.54 Å². The van der Waals surface area contributed by atoms with Gasteiger partial charge in [0.25, 0.3) is 0 Å². The van der Waals surface area contributed by atoms with Gasteiger partial charge in [0.1, 0.15) is 0 Å². The number of primary sulfonamides is 1. The first-order valence-electron chi connectivity index (χ1n) is 5.42. The van der Waals surface area contributed by atoms with Gasteiger partial charge in [-0.05, 0) is 34.7 Å². The highest BCUT2D eigenvalue weighted by molar-refractivity contribution is 14.1. The number of nitrogens with zero attached hydrogens (tertiary/aromatic N) is 1. The molecule has 0 aromatic heterocycles. The molecule has 5 nitrogen and oxygen atoms in total. The van der Waals surface area contributed by atoms with Gasteiger partial charge in [-0.1, -0.05) is 12.1 Å². The van der Waals surface area contributed by atoms with Crippen LogP contribution in [-0.2, 0) is 14.8 Å². The van der Waals surface area contributed by atoms with Crippen molar-refractivity contribution in [3.63, 3.8) is 0 Å². The zero-order valence-corrected chi connectivity index (χ0v) is 12.5. The van der Waals surface area contributed by atoms with E-state index >= 15 is 0 Å². The van der Waals surface area contributed by atoms with Gasteiger partial charge in [0.2, 0.25) is 15.9 Å². The van der Waals surface area contributed by atoms with Crippen LogP contribution in [0.15, 0.2) is 24.3 Å². The maximum atomic E-state index is 11.9. The second-order valence-electron chi connectivity index (χ2n) is 4.36. The maximum Gasteiger partial charge on any atom is 0.227 e. The minimum Gasteiger partial charge on any atom is -0.311 e.